The van der Waals surface area contributed by atoms with E-state index in [1.807, 2.05) is 0 Å². The van der Waals surface area contributed by atoms with Crippen molar-refractivity contribution in [1.29, 1.82) is 0 Å². The molecule has 0 fully saturated rings. The normalized spacial score (nSPS) is 9.65. The minimum absolute atomic E-state index is 0.0453. The number of hydrogen-bond donors (Lipinski definition) is 4. The number of primary amides is 1. The topological polar surface area (TPSA) is 128 Å². The van der Waals surface area contributed by atoms with Gasteiger partial charge in [0.1, 0.15) is 6.61 Å². The van der Waals surface area contributed by atoms with Crippen molar-refractivity contribution < 1.29 is 19.4 Å². The van der Waals surface area contributed by atoms with Gasteiger partial charge in [-0.05, 0) is 18.2 Å². The molecule has 92 valence electrons. The van der Waals surface area contributed by atoms with Crippen LogP contribution in [-0.4, -0.2) is 30.3 Å². The summed E-state index contributed by atoms with van der Waals surface area (Å²) >= 11 is 0. The van der Waals surface area contributed by atoms with E-state index in [1.54, 1.807) is 6.07 Å². The summed E-state index contributed by atoms with van der Waals surface area (Å²) < 4.78 is 4.51. The average Bonchev–Trinajstić information content (AvgIpc) is 2.23. The van der Waals surface area contributed by atoms with E-state index in [0.717, 1.165) is 0 Å². The van der Waals surface area contributed by atoms with E-state index in [0.29, 0.717) is 12.2 Å². The second-order valence-corrected chi connectivity index (χ2v) is 3.20. The molecule has 0 saturated heterocycles. The maximum atomic E-state index is 10.7. The van der Waals surface area contributed by atoms with Gasteiger partial charge < -0.3 is 26.6 Å². The first kappa shape index (κ1) is 12.6. The number of nitrogens with one attached hydrogen (secondary N) is 1. The van der Waals surface area contributed by atoms with Gasteiger partial charge in [-0.1, -0.05) is 0 Å². The first-order chi connectivity index (χ1) is 8.00. The largest absolute Gasteiger partial charge is 0.478 e. The molecule has 0 aromatic heterocycles. The van der Waals surface area contributed by atoms with Gasteiger partial charge >= 0.3 is 12.1 Å². The van der Waals surface area contributed by atoms with E-state index in [9.17, 15) is 9.59 Å². The smallest absolute Gasteiger partial charge is 0.404 e. The molecule has 0 unspecified atom stereocenters. The molecule has 0 heterocycles. The average molecular weight is 239 g/mol. The molecule has 0 aliphatic carbocycles. The minimum atomic E-state index is -1.08. The fourth-order valence-corrected chi connectivity index (χ4v) is 1.21. The number of aromatic carboxylic acids is 1. The van der Waals surface area contributed by atoms with E-state index < -0.39 is 12.1 Å². The van der Waals surface area contributed by atoms with Crippen LogP contribution in [0.4, 0.5) is 16.2 Å². The maximum Gasteiger partial charge on any atom is 0.404 e. The molecule has 0 bridgehead atoms. The van der Waals surface area contributed by atoms with Crippen molar-refractivity contribution in [2.75, 3.05) is 24.2 Å². The number of carboxylic acid groups (broad SMARTS) is 1. The first-order valence-corrected chi connectivity index (χ1v) is 4.79. The Labute approximate surface area is 97.4 Å². The number of amides is 1. The number of nitrogens with two attached hydrogens (primary N) is 2. The van der Waals surface area contributed by atoms with E-state index in [-0.39, 0.29) is 17.9 Å². The van der Waals surface area contributed by atoms with Gasteiger partial charge in [0.25, 0.3) is 0 Å². The van der Waals surface area contributed by atoms with Crippen LogP contribution in [0.3, 0.4) is 0 Å². The van der Waals surface area contributed by atoms with Crippen molar-refractivity contribution in [2.24, 2.45) is 5.73 Å². The van der Waals surface area contributed by atoms with Crippen LogP contribution in [-0.2, 0) is 4.74 Å². The molecule has 0 aliphatic rings. The number of benzene rings is 1. The number of ether oxygens (including phenoxy) is 1. The highest BCUT2D eigenvalue weighted by molar-refractivity contribution is 5.94. The fourth-order valence-electron chi connectivity index (χ4n) is 1.21. The van der Waals surface area contributed by atoms with E-state index in [2.05, 4.69) is 10.1 Å². The third-order valence-corrected chi connectivity index (χ3v) is 1.96. The summed E-state index contributed by atoms with van der Waals surface area (Å²) in [5.74, 6) is -1.08. The van der Waals surface area contributed by atoms with Gasteiger partial charge in [0.2, 0.25) is 0 Å². The Kier molecular flexibility index (Phi) is 4.15. The van der Waals surface area contributed by atoms with E-state index >= 15 is 0 Å². The Morgan fingerprint density at radius 1 is 1.41 bits per heavy atom. The van der Waals surface area contributed by atoms with Gasteiger partial charge in [-0.3, -0.25) is 0 Å². The summed E-state index contributed by atoms with van der Waals surface area (Å²) in [7, 11) is 0. The van der Waals surface area contributed by atoms with Crippen LogP contribution >= 0.6 is 0 Å². The lowest BCUT2D eigenvalue weighted by molar-refractivity contribution is 0.0698. The lowest BCUT2D eigenvalue weighted by Gasteiger charge is -2.08. The summed E-state index contributed by atoms with van der Waals surface area (Å²) in [5, 5.41) is 11.7. The van der Waals surface area contributed by atoms with Gasteiger partial charge in [0.15, 0.2) is 0 Å². The molecule has 1 amide bonds. The van der Waals surface area contributed by atoms with Gasteiger partial charge in [0, 0.05) is 17.9 Å². The van der Waals surface area contributed by atoms with Crippen LogP contribution in [0.5, 0.6) is 0 Å². The third kappa shape index (κ3) is 3.90. The Hall–Kier alpha value is -2.44. The van der Waals surface area contributed by atoms with Gasteiger partial charge in [-0.25, -0.2) is 9.59 Å². The number of rotatable bonds is 5. The molecule has 7 nitrogen and oxygen atoms in total. The highest BCUT2D eigenvalue weighted by Crippen LogP contribution is 2.17. The molecule has 0 saturated carbocycles. The zero-order valence-corrected chi connectivity index (χ0v) is 8.97. The number of carbonyl (C=O) groups excluding carboxylic acids is 1. The van der Waals surface area contributed by atoms with Crippen molar-refractivity contribution in [2.45, 2.75) is 0 Å². The van der Waals surface area contributed by atoms with Crippen molar-refractivity contribution >= 4 is 23.4 Å². The number of anilines is 2. The molecular weight excluding hydrogens is 226 g/mol. The fraction of sp³-hybridized carbons (Fsp3) is 0.200. The van der Waals surface area contributed by atoms with Gasteiger partial charge in [0.05, 0.1) is 5.56 Å². The predicted molar refractivity (Wildman–Crippen MR) is 61.8 cm³/mol. The molecule has 0 aliphatic heterocycles. The molecule has 1 aromatic rings. The Morgan fingerprint density at radius 3 is 2.65 bits per heavy atom. The summed E-state index contributed by atoms with van der Waals surface area (Å²) in [5.41, 5.74) is 11.2. The van der Waals surface area contributed by atoms with Gasteiger partial charge in [-0.2, -0.15) is 0 Å². The van der Waals surface area contributed by atoms with Gasteiger partial charge in [-0.15, -0.1) is 0 Å². The SMILES string of the molecule is NC(=O)OCCNc1ccc(C(=O)O)c(N)c1. The molecule has 6 N–H and O–H groups in total. The maximum absolute atomic E-state index is 10.7. The van der Waals surface area contributed by atoms with Crippen LogP contribution in [0.1, 0.15) is 10.4 Å². The molecule has 7 heteroatoms. The number of carbonyl (C=O) groups is 2. The zero-order chi connectivity index (χ0) is 12.8. The van der Waals surface area contributed by atoms with E-state index in [4.69, 9.17) is 16.6 Å². The lowest BCUT2D eigenvalue weighted by Crippen LogP contribution is -2.18. The quantitative estimate of drug-likeness (QED) is 0.437. The van der Waals surface area contributed by atoms with Crippen molar-refractivity contribution in [3.63, 3.8) is 0 Å². The second kappa shape index (κ2) is 5.59. The Bertz CT molecular complexity index is 434. The molecule has 0 atom stereocenters. The highest BCUT2D eigenvalue weighted by atomic mass is 16.5. The van der Waals surface area contributed by atoms with Crippen LogP contribution < -0.4 is 16.8 Å². The second-order valence-electron chi connectivity index (χ2n) is 3.20. The highest BCUT2D eigenvalue weighted by Gasteiger charge is 2.07. The Balaban J connectivity index is 2.53. The van der Waals surface area contributed by atoms with Crippen LogP contribution in [0.2, 0.25) is 0 Å². The molecule has 0 spiro atoms. The van der Waals surface area contributed by atoms with Crippen LogP contribution in [0.15, 0.2) is 18.2 Å². The lowest BCUT2D eigenvalue weighted by atomic mass is 10.1. The summed E-state index contributed by atoms with van der Waals surface area (Å²) in [6.45, 7) is 0.477. The van der Waals surface area contributed by atoms with Crippen LogP contribution in [0, 0.1) is 0 Å². The van der Waals surface area contributed by atoms with Crippen LogP contribution in [0.25, 0.3) is 0 Å². The summed E-state index contributed by atoms with van der Waals surface area (Å²) in [4.78, 5) is 21.0. The van der Waals surface area contributed by atoms with Crippen molar-refractivity contribution in [3.8, 4) is 0 Å². The first-order valence-electron chi connectivity index (χ1n) is 4.79. The molecule has 17 heavy (non-hydrogen) atoms. The van der Waals surface area contributed by atoms with E-state index in [1.165, 1.54) is 12.1 Å². The zero-order valence-electron chi connectivity index (χ0n) is 8.97. The predicted octanol–water partition coefficient (Wildman–Crippen LogP) is 0.474. The van der Waals surface area contributed by atoms with Crippen molar-refractivity contribution in [1.82, 2.24) is 0 Å². The molecule has 1 rings (SSSR count). The standard InChI is InChI=1S/C10H13N3O4/c11-8-5-6(1-2-7(8)9(14)15)13-3-4-17-10(12)16/h1-2,5,13H,3-4,11H2,(H2,12,16)(H,14,15). The summed E-state index contributed by atoms with van der Waals surface area (Å²) in [6, 6.07) is 4.47. The summed E-state index contributed by atoms with van der Waals surface area (Å²) in [6.07, 6.45) is -0.840. The third-order valence-electron chi connectivity index (χ3n) is 1.96. The number of nitrogen functional groups attached to an aromatic ring is 1. The molecule has 1 aromatic carbocycles. The molecular formula is C10H13N3O4. The molecule has 0 radical (unpaired) electrons. The minimum Gasteiger partial charge on any atom is -0.478 e. The number of hydrogen-bond acceptors (Lipinski definition) is 5. The monoisotopic (exact) mass is 239 g/mol. The Morgan fingerprint density at radius 2 is 2.12 bits per heavy atom. The van der Waals surface area contributed by atoms with Crippen molar-refractivity contribution in [3.05, 3.63) is 23.8 Å². The number of carboxylic acids is 1.